The maximum atomic E-state index is 12.0. The van der Waals surface area contributed by atoms with Crippen LogP contribution in [0.3, 0.4) is 0 Å². The Morgan fingerprint density at radius 2 is 1.85 bits per heavy atom. The highest BCUT2D eigenvalue weighted by Gasteiger charge is 2.28. The van der Waals surface area contributed by atoms with Gasteiger partial charge in [0, 0.05) is 18.6 Å². The lowest BCUT2D eigenvalue weighted by Crippen LogP contribution is -2.51. The SMILES string of the molecule is CCC(CC)(CN)N(C)CCCF. The van der Waals surface area contributed by atoms with Crippen molar-refractivity contribution in [3.63, 3.8) is 0 Å². The predicted octanol–water partition coefficient (Wildman–Crippen LogP) is 1.80. The van der Waals surface area contributed by atoms with Crippen molar-refractivity contribution in [1.82, 2.24) is 4.90 Å². The molecule has 0 radical (unpaired) electrons. The normalized spacial score (nSPS) is 12.5. The molecule has 0 aliphatic heterocycles. The molecule has 0 rings (SSSR count). The maximum Gasteiger partial charge on any atom is 0.0906 e. The highest BCUT2D eigenvalue weighted by molar-refractivity contribution is 4.87. The summed E-state index contributed by atoms with van der Waals surface area (Å²) in [4.78, 5) is 2.20. The van der Waals surface area contributed by atoms with Crippen LogP contribution in [0.1, 0.15) is 33.1 Å². The van der Waals surface area contributed by atoms with Crippen molar-refractivity contribution in [1.29, 1.82) is 0 Å². The molecular formula is C10H23FN2. The Hall–Kier alpha value is -0.150. The van der Waals surface area contributed by atoms with Gasteiger partial charge in [0.2, 0.25) is 0 Å². The summed E-state index contributed by atoms with van der Waals surface area (Å²) in [6.07, 6.45) is 2.67. The molecule has 0 atom stereocenters. The first kappa shape index (κ1) is 12.8. The van der Waals surface area contributed by atoms with Crippen LogP contribution in [-0.2, 0) is 0 Å². The summed E-state index contributed by atoms with van der Waals surface area (Å²) in [5.74, 6) is 0. The van der Waals surface area contributed by atoms with Gasteiger partial charge in [-0.25, -0.2) is 0 Å². The van der Waals surface area contributed by atoms with Crippen LogP contribution in [0.25, 0.3) is 0 Å². The summed E-state index contributed by atoms with van der Waals surface area (Å²) >= 11 is 0. The molecule has 13 heavy (non-hydrogen) atoms. The highest BCUT2D eigenvalue weighted by atomic mass is 19.1. The van der Waals surface area contributed by atoms with Crippen molar-refractivity contribution in [3.8, 4) is 0 Å². The summed E-state index contributed by atoms with van der Waals surface area (Å²) in [6, 6.07) is 0. The van der Waals surface area contributed by atoms with Crippen LogP contribution in [0.4, 0.5) is 4.39 Å². The lowest BCUT2D eigenvalue weighted by molar-refractivity contribution is 0.111. The lowest BCUT2D eigenvalue weighted by atomic mass is 9.91. The molecule has 0 aliphatic rings. The fraction of sp³-hybridized carbons (Fsp3) is 1.00. The van der Waals surface area contributed by atoms with E-state index in [2.05, 4.69) is 18.7 Å². The van der Waals surface area contributed by atoms with Crippen molar-refractivity contribution in [2.24, 2.45) is 5.73 Å². The Balaban J connectivity index is 4.17. The standard InChI is InChI=1S/C10H23FN2/c1-4-10(5-2,9-12)13(3)8-6-7-11/h4-9,12H2,1-3H3. The summed E-state index contributed by atoms with van der Waals surface area (Å²) in [5, 5.41) is 0. The van der Waals surface area contributed by atoms with Crippen LogP contribution < -0.4 is 5.73 Å². The van der Waals surface area contributed by atoms with E-state index in [1.165, 1.54) is 0 Å². The Bertz CT molecular complexity index is 116. The Morgan fingerprint density at radius 1 is 1.31 bits per heavy atom. The van der Waals surface area contributed by atoms with E-state index in [1.807, 2.05) is 7.05 Å². The van der Waals surface area contributed by atoms with Crippen LogP contribution in [0.5, 0.6) is 0 Å². The van der Waals surface area contributed by atoms with Gasteiger partial charge in [-0.05, 0) is 26.3 Å². The van der Waals surface area contributed by atoms with Gasteiger partial charge in [0.15, 0.2) is 0 Å². The van der Waals surface area contributed by atoms with Crippen molar-refractivity contribution < 1.29 is 4.39 Å². The average Bonchev–Trinajstić information content (AvgIpc) is 2.18. The van der Waals surface area contributed by atoms with Gasteiger partial charge in [-0.2, -0.15) is 0 Å². The average molecular weight is 190 g/mol. The molecule has 0 bridgehead atoms. The van der Waals surface area contributed by atoms with Gasteiger partial charge in [-0.15, -0.1) is 0 Å². The second kappa shape index (κ2) is 6.33. The zero-order valence-electron chi connectivity index (χ0n) is 9.15. The van der Waals surface area contributed by atoms with Crippen LogP contribution in [-0.4, -0.2) is 37.3 Å². The van der Waals surface area contributed by atoms with Crippen LogP contribution >= 0.6 is 0 Å². The molecular weight excluding hydrogens is 167 g/mol. The van der Waals surface area contributed by atoms with Crippen LogP contribution in [0.2, 0.25) is 0 Å². The molecule has 2 nitrogen and oxygen atoms in total. The third-order valence-corrected chi connectivity index (χ3v) is 3.13. The summed E-state index contributed by atoms with van der Waals surface area (Å²) < 4.78 is 12.0. The predicted molar refractivity (Wildman–Crippen MR) is 55.6 cm³/mol. The molecule has 0 aromatic carbocycles. The molecule has 0 heterocycles. The van der Waals surface area contributed by atoms with Gasteiger partial charge in [-0.1, -0.05) is 13.8 Å². The maximum absolute atomic E-state index is 12.0. The fourth-order valence-electron chi connectivity index (χ4n) is 1.77. The van der Waals surface area contributed by atoms with Gasteiger partial charge >= 0.3 is 0 Å². The largest absolute Gasteiger partial charge is 0.329 e. The molecule has 80 valence electrons. The van der Waals surface area contributed by atoms with E-state index in [0.29, 0.717) is 13.0 Å². The molecule has 0 aromatic heterocycles. The van der Waals surface area contributed by atoms with Crippen molar-refractivity contribution in [2.75, 3.05) is 26.8 Å². The molecule has 0 amide bonds. The zero-order valence-corrected chi connectivity index (χ0v) is 9.15. The highest BCUT2D eigenvalue weighted by Crippen LogP contribution is 2.21. The molecule has 0 unspecified atom stereocenters. The van der Waals surface area contributed by atoms with Crippen LogP contribution in [0.15, 0.2) is 0 Å². The first-order chi connectivity index (χ1) is 6.16. The van der Waals surface area contributed by atoms with Gasteiger partial charge in [0.25, 0.3) is 0 Å². The van der Waals surface area contributed by atoms with E-state index in [-0.39, 0.29) is 12.2 Å². The topological polar surface area (TPSA) is 29.3 Å². The molecule has 0 aliphatic carbocycles. The minimum absolute atomic E-state index is 0.0785. The Kier molecular flexibility index (Phi) is 6.25. The number of hydrogen-bond donors (Lipinski definition) is 1. The third-order valence-electron chi connectivity index (χ3n) is 3.13. The van der Waals surface area contributed by atoms with E-state index in [9.17, 15) is 4.39 Å². The van der Waals surface area contributed by atoms with Crippen molar-refractivity contribution in [2.45, 2.75) is 38.6 Å². The summed E-state index contributed by atoms with van der Waals surface area (Å²) in [7, 11) is 2.04. The molecule has 2 N–H and O–H groups in total. The first-order valence-electron chi connectivity index (χ1n) is 5.14. The van der Waals surface area contributed by atoms with E-state index >= 15 is 0 Å². The first-order valence-corrected chi connectivity index (χ1v) is 5.14. The number of nitrogens with zero attached hydrogens (tertiary/aromatic N) is 1. The van der Waals surface area contributed by atoms with E-state index in [4.69, 9.17) is 5.73 Å². The zero-order chi connectivity index (χ0) is 10.3. The van der Waals surface area contributed by atoms with Gasteiger partial charge < -0.3 is 5.73 Å². The lowest BCUT2D eigenvalue weighted by Gasteiger charge is -2.40. The van der Waals surface area contributed by atoms with E-state index in [0.717, 1.165) is 19.4 Å². The fourth-order valence-corrected chi connectivity index (χ4v) is 1.77. The van der Waals surface area contributed by atoms with Crippen LogP contribution in [0, 0.1) is 0 Å². The Morgan fingerprint density at radius 3 is 2.15 bits per heavy atom. The summed E-state index contributed by atoms with van der Waals surface area (Å²) in [6.45, 7) is 5.50. The minimum Gasteiger partial charge on any atom is -0.329 e. The smallest absolute Gasteiger partial charge is 0.0906 e. The number of rotatable bonds is 7. The number of alkyl halides is 1. The van der Waals surface area contributed by atoms with E-state index in [1.54, 1.807) is 0 Å². The molecule has 3 heteroatoms. The molecule has 0 spiro atoms. The molecule has 0 fully saturated rings. The monoisotopic (exact) mass is 190 g/mol. The van der Waals surface area contributed by atoms with Crippen molar-refractivity contribution in [3.05, 3.63) is 0 Å². The minimum atomic E-state index is -0.238. The second-order valence-corrected chi connectivity index (χ2v) is 3.60. The quantitative estimate of drug-likeness (QED) is 0.663. The van der Waals surface area contributed by atoms with Gasteiger partial charge in [-0.3, -0.25) is 9.29 Å². The number of halogens is 1. The Labute approximate surface area is 81.3 Å². The van der Waals surface area contributed by atoms with Crippen molar-refractivity contribution >= 4 is 0 Å². The van der Waals surface area contributed by atoms with Gasteiger partial charge in [0.1, 0.15) is 0 Å². The summed E-state index contributed by atoms with van der Waals surface area (Å²) in [5.41, 5.74) is 5.84. The molecule has 0 saturated carbocycles. The molecule has 0 saturated heterocycles. The molecule has 0 aromatic rings. The number of nitrogens with two attached hydrogens (primary N) is 1. The number of hydrogen-bond acceptors (Lipinski definition) is 2. The third kappa shape index (κ3) is 3.24. The number of likely N-dealkylation sites (N-methyl/N-ethyl adjacent to an activating group) is 1. The second-order valence-electron chi connectivity index (χ2n) is 3.60. The van der Waals surface area contributed by atoms with Gasteiger partial charge in [0.05, 0.1) is 6.67 Å². The van der Waals surface area contributed by atoms with E-state index < -0.39 is 0 Å².